The Balaban J connectivity index is 2.61. The number of aliphatic hydroxyl groups is 1. The second-order valence-electron chi connectivity index (χ2n) is 4.55. The summed E-state index contributed by atoms with van der Waals surface area (Å²) in [5, 5.41) is 16.4. The Labute approximate surface area is 89.1 Å². The Morgan fingerprint density at radius 1 is 1.53 bits per heavy atom. The van der Waals surface area contributed by atoms with Crippen molar-refractivity contribution in [2.24, 2.45) is 5.41 Å². The zero-order chi connectivity index (χ0) is 11.5. The van der Waals surface area contributed by atoms with Gasteiger partial charge in [-0.1, -0.05) is 26.0 Å². The van der Waals surface area contributed by atoms with E-state index in [0.29, 0.717) is 12.1 Å². The fourth-order valence-electron chi connectivity index (χ4n) is 1.03. The van der Waals surface area contributed by atoms with Crippen LogP contribution in [0.3, 0.4) is 0 Å². The van der Waals surface area contributed by atoms with Gasteiger partial charge in [0.2, 0.25) is 0 Å². The van der Waals surface area contributed by atoms with Crippen LogP contribution in [-0.4, -0.2) is 32.5 Å². The number of nitrogens with zero attached hydrogens (tertiary/aromatic N) is 3. The van der Waals surface area contributed by atoms with Crippen LogP contribution < -0.4 is 0 Å². The minimum atomic E-state index is -0.358. The molecule has 0 saturated carbocycles. The van der Waals surface area contributed by atoms with Gasteiger partial charge in [0.05, 0.1) is 5.69 Å². The van der Waals surface area contributed by atoms with Crippen molar-refractivity contribution in [3.63, 3.8) is 0 Å². The molecule has 0 aliphatic carbocycles. The lowest BCUT2D eigenvalue weighted by atomic mass is 9.91. The number of carbonyl (C=O) groups is 1. The average Bonchev–Trinajstić information content (AvgIpc) is 2.51. The van der Waals surface area contributed by atoms with Gasteiger partial charge in [0, 0.05) is 24.6 Å². The molecule has 0 radical (unpaired) electrons. The van der Waals surface area contributed by atoms with Crippen LogP contribution in [0.2, 0.25) is 0 Å². The van der Waals surface area contributed by atoms with Gasteiger partial charge in [-0.15, -0.1) is 5.10 Å². The predicted molar refractivity (Wildman–Crippen MR) is 55.3 cm³/mol. The molecule has 5 heteroatoms. The number of ketones is 1. The molecule has 0 saturated heterocycles. The van der Waals surface area contributed by atoms with Crippen LogP contribution >= 0.6 is 0 Å². The van der Waals surface area contributed by atoms with Crippen LogP contribution in [0.5, 0.6) is 0 Å². The van der Waals surface area contributed by atoms with Gasteiger partial charge in [-0.25, -0.2) is 4.68 Å². The van der Waals surface area contributed by atoms with Gasteiger partial charge in [-0.3, -0.25) is 4.79 Å². The van der Waals surface area contributed by atoms with E-state index in [9.17, 15) is 4.79 Å². The molecule has 5 nitrogen and oxygen atoms in total. The van der Waals surface area contributed by atoms with E-state index in [1.54, 1.807) is 6.20 Å². The molecule has 0 atom stereocenters. The maximum Gasteiger partial charge on any atom is 0.159 e. The van der Waals surface area contributed by atoms with E-state index in [2.05, 4.69) is 10.3 Å². The van der Waals surface area contributed by atoms with Gasteiger partial charge >= 0.3 is 0 Å². The van der Waals surface area contributed by atoms with Crippen LogP contribution in [0.1, 0.15) is 26.5 Å². The molecule has 84 valence electrons. The summed E-state index contributed by atoms with van der Waals surface area (Å²) < 4.78 is 1.51. The Morgan fingerprint density at radius 2 is 2.20 bits per heavy atom. The number of carbonyl (C=O) groups excluding carboxylic acids is 1. The number of hydrogen-bond donors (Lipinski definition) is 1. The molecular weight excluding hydrogens is 194 g/mol. The van der Waals surface area contributed by atoms with E-state index in [1.807, 2.05) is 20.8 Å². The van der Waals surface area contributed by atoms with Gasteiger partial charge in [0.15, 0.2) is 5.78 Å². The summed E-state index contributed by atoms with van der Waals surface area (Å²) in [4.78, 5) is 11.7. The zero-order valence-corrected chi connectivity index (χ0v) is 9.40. The quantitative estimate of drug-likeness (QED) is 0.784. The second-order valence-corrected chi connectivity index (χ2v) is 4.55. The second kappa shape index (κ2) is 4.53. The molecule has 0 aromatic carbocycles. The molecule has 1 aromatic heterocycles. The minimum Gasteiger partial charge on any atom is -0.396 e. The molecule has 1 N–H and O–H groups in total. The Bertz CT molecular complexity index is 339. The summed E-state index contributed by atoms with van der Waals surface area (Å²) in [5.41, 5.74) is 0.350. The highest BCUT2D eigenvalue weighted by Crippen LogP contribution is 2.15. The molecule has 1 rings (SSSR count). The number of aromatic nitrogens is 3. The highest BCUT2D eigenvalue weighted by atomic mass is 16.3. The minimum absolute atomic E-state index is 0.0475. The predicted octanol–water partition coefficient (Wildman–Crippen LogP) is 0.428. The summed E-state index contributed by atoms with van der Waals surface area (Å²) in [6.07, 6.45) is 2.17. The van der Waals surface area contributed by atoms with Gasteiger partial charge in [-0.2, -0.15) is 0 Å². The third-order valence-corrected chi connectivity index (χ3v) is 2.10. The molecule has 0 aliphatic heterocycles. The van der Waals surface area contributed by atoms with Gasteiger partial charge in [0.25, 0.3) is 0 Å². The van der Waals surface area contributed by atoms with E-state index >= 15 is 0 Å². The number of rotatable bonds is 4. The third-order valence-electron chi connectivity index (χ3n) is 2.10. The summed E-state index contributed by atoms with van der Waals surface area (Å²) in [5.74, 6) is 0.114. The van der Waals surface area contributed by atoms with Crippen molar-refractivity contribution in [1.29, 1.82) is 0 Å². The summed E-state index contributed by atoms with van der Waals surface area (Å²) in [6.45, 7) is 5.91. The molecule has 0 bridgehead atoms. The first kappa shape index (κ1) is 11.8. The average molecular weight is 211 g/mol. The summed E-state index contributed by atoms with van der Waals surface area (Å²) in [6, 6.07) is 0. The van der Waals surface area contributed by atoms with Crippen molar-refractivity contribution >= 4 is 5.78 Å². The van der Waals surface area contributed by atoms with Gasteiger partial charge in [-0.05, 0) is 0 Å². The number of aliphatic hydroxyl groups excluding tert-OH is 1. The van der Waals surface area contributed by atoms with Crippen LogP contribution in [0.15, 0.2) is 6.20 Å². The Hall–Kier alpha value is -1.23. The van der Waals surface area contributed by atoms with Crippen molar-refractivity contribution in [2.75, 3.05) is 6.61 Å². The van der Waals surface area contributed by atoms with Gasteiger partial charge < -0.3 is 5.11 Å². The van der Waals surface area contributed by atoms with Crippen LogP contribution in [0.25, 0.3) is 0 Å². The molecular formula is C10H17N3O2. The lowest BCUT2D eigenvalue weighted by Gasteiger charge is -2.15. The molecule has 15 heavy (non-hydrogen) atoms. The summed E-state index contributed by atoms with van der Waals surface area (Å²) >= 11 is 0. The normalized spacial score (nSPS) is 11.7. The molecule has 0 aliphatic rings. The molecule has 1 heterocycles. The Kier molecular flexibility index (Phi) is 3.57. The van der Waals surface area contributed by atoms with E-state index in [0.717, 1.165) is 0 Å². The largest absolute Gasteiger partial charge is 0.396 e. The van der Waals surface area contributed by atoms with E-state index in [-0.39, 0.29) is 24.3 Å². The molecule has 0 fully saturated rings. The highest BCUT2D eigenvalue weighted by Gasteiger charge is 2.21. The molecule has 0 unspecified atom stereocenters. The van der Waals surface area contributed by atoms with Crippen LogP contribution in [0, 0.1) is 5.41 Å². The van der Waals surface area contributed by atoms with E-state index < -0.39 is 0 Å². The number of hydrogen-bond acceptors (Lipinski definition) is 4. The first-order chi connectivity index (χ1) is 6.93. The van der Waals surface area contributed by atoms with Gasteiger partial charge in [0.1, 0.15) is 6.54 Å². The van der Waals surface area contributed by atoms with Crippen molar-refractivity contribution in [3.05, 3.63) is 11.9 Å². The SMILES string of the molecule is CC(C)(C)C(=O)Cn1cc(CCO)nn1. The zero-order valence-electron chi connectivity index (χ0n) is 9.40. The maximum atomic E-state index is 11.7. The van der Waals surface area contributed by atoms with Crippen molar-refractivity contribution in [3.8, 4) is 0 Å². The standard InChI is InChI=1S/C10H17N3O2/c1-10(2,3)9(15)7-13-6-8(4-5-14)11-12-13/h6,14H,4-5,7H2,1-3H3. The fourth-order valence-corrected chi connectivity index (χ4v) is 1.03. The summed E-state index contributed by atoms with van der Waals surface area (Å²) in [7, 11) is 0. The molecule has 1 aromatic rings. The smallest absolute Gasteiger partial charge is 0.159 e. The first-order valence-electron chi connectivity index (χ1n) is 4.96. The lowest BCUT2D eigenvalue weighted by Crippen LogP contribution is -2.25. The maximum absolute atomic E-state index is 11.7. The van der Waals surface area contributed by atoms with Crippen molar-refractivity contribution in [2.45, 2.75) is 33.7 Å². The van der Waals surface area contributed by atoms with E-state index in [4.69, 9.17) is 5.11 Å². The topological polar surface area (TPSA) is 68.0 Å². The molecule has 0 spiro atoms. The monoisotopic (exact) mass is 211 g/mol. The van der Waals surface area contributed by atoms with E-state index in [1.165, 1.54) is 4.68 Å². The number of Topliss-reactive ketones (excluding diaryl/α,β-unsaturated/α-hetero) is 1. The fraction of sp³-hybridized carbons (Fsp3) is 0.700. The van der Waals surface area contributed by atoms with Crippen molar-refractivity contribution < 1.29 is 9.90 Å². The first-order valence-corrected chi connectivity index (χ1v) is 4.96. The highest BCUT2D eigenvalue weighted by molar-refractivity contribution is 5.83. The van der Waals surface area contributed by atoms with Crippen LogP contribution in [0.4, 0.5) is 0 Å². The lowest BCUT2D eigenvalue weighted by molar-refractivity contribution is -0.127. The van der Waals surface area contributed by atoms with Crippen LogP contribution in [-0.2, 0) is 17.8 Å². The third kappa shape index (κ3) is 3.43. The van der Waals surface area contributed by atoms with Crippen molar-refractivity contribution in [1.82, 2.24) is 15.0 Å². The Morgan fingerprint density at radius 3 is 2.73 bits per heavy atom. The molecule has 0 amide bonds.